The maximum absolute atomic E-state index is 12.1. The third-order valence-electron chi connectivity index (χ3n) is 2.68. The highest BCUT2D eigenvalue weighted by Gasteiger charge is 2.20. The van der Waals surface area contributed by atoms with E-state index in [0.717, 1.165) is 6.07 Å². The van der Waals surface area contributed by atoms with E-state index >= 15 is 0 Å². The van der Waals surface area contributed by atoms with Crippen molar-refractivity contribution in [2.75, 3.05) is 25.6 Å². The fourth-order valence-electron chi connectivity index (χ4n) is 1.76. The Bertz CT molecular complexity index is 584. The molecule has 120 valence electrons. The van der Waals surface area contributed by atoms with Crippen LogP contribution in [0.5, 0.6) is 0 Å². The smallest absolute Gasteiger partial charge is 0.341 e. The highest BCUT2D eigenvalue weighted by atomic mass is 16.6. The first-order valence-electron chi connectivity index (χ1n) is 6.64. The molecule has 0 spiro atoms. The number of esters is 1. The average Bonchev–Trinajstić information content (AvgIpc) is 2.43. The number of amides is 1. The molecular formula is C14H19N3O5. The highest BCUT2D eigenvalue weighted by Crippen LogP contribution is 2.24. The molecule has 1 rings (SSSR count). The monoisotopic (exact) mass is 309 g/mol. The second kappa shape index (κ2) is 7.39. The molecule has 1 amide bonds. The zero-order valence-electron chi connectivity index (χ0n) is 13.0. The highest BCUT2D eigenvalue weighted by molar-refractivity contribution is 5.97. The number of carbonyl (C=O) groups is 2. The molecule has 0 aromatic heterocycles. The van der Waals surface area contributed by atoms with Crippen LogP contribution in [0.4, 0.5) is 11.4 Å². The third kappa shape index (κ3) is 4.72. The number of hydrogen-bond donors (Lipinski definition) is 1. The lowest BCUT2D eigenvalue weighted by atomic mass is 10.1. The van der Waals surface area contributed by atoms with E-state index in [1.807, 2.05) is 0 Å². The molecule has 8 heteroatoms. The number of ether oxygens (including phenoxy) is 1. The van der Waals surface area contributed by atoms with Crippen LogP contribution in [0.15, 0.2) is 18.2 Å². The minimum atomic E-state index is -0.786. The summed E-state index contributed by atoms with van der Waals surface area (Å²) in [5.74, 6) is -1.22. The molecule has 8 nitrogen and oxygen atoms in total. The molecule has 0 bridgehead atoms. The molecule has 0 atom stereocenters. The Morgan fingerprint density at radius 3 is 2.50 bits per heavy atom. The Balaban J connectivity index is 2.93. The molecule has 0 saturated heterocycles. The van der Waals surface area contributed by atoms with Crippen LogP contribution < -0.4 is 10.2 Å². The minimum Gasteiger partial charge on any atom is -0.452 e. The van der Waals surface area contributed by atoms with Crippen LogP contribution in [0.2, 0.25) is 0 Å². The molecule has 0 unspecified atom stereocenters. The van der Waals surface area contributed by atoms with E-state index in [9.17, 15) is 19.7 Å². The summed E-state index contributed by atoms with van der Waals surface area (Å²) in [6.07, 6.45) is 0. The van der Waals surface area contributed by atoms with Crippen LogP contribution >= 0.6 is 0 Å². The number of hydrogen-bond acceptors (Lipinski definition) is 6. The van der Waals surface area contributed by atoms with E-state index in [0.29, 0.717) is 5.69 Å². The number of nitro groups is 1. The molecule has 0 saturated carbocycles. The van der Waals surface area contributed by atoms with Gasteiger partial charge in [0.2, 0.25) is 0 Å². The van der Waals surface area contributed by atoms with E-state index in [1.54, 1.807) is 32.8 Å². The lowest BCUT2D eigenvalue weighted by Gasteiger charge is -2.16. The van der Waals surface area contributed by atoms with Gasteiger partial charge in [0.15, 0.2) is 6.61 Å². The van der Waals surface area contributed by atoms with Gasteiger partial charge in [0.1, 0.15) is 0 Å². The summed E-state index contributed by atoms with van der Waals surface area (Å²) in [6, 6.07) is 3.83. The van der Waals surface area contributed by atoms with Crippen molar-refractivity contribution in [3.63, 3.8) is 0 Å². The van der Waals surface area contributed by atoms with Crippen LogP contribution in [0.25, 0.3) is 0 Å². The molecule has 0 fully saturated rings. The fraction of sp³-hybridized carbons (Fsp3) is 0.429. The fourth-order valence-corrected chi connectivity index (χ4v) is 1.76. The first-order chi connectivity index (χ1) is 10.2. The number of rotatable bonds is 6. The molecule has 0 heterocycles. The quantitative estimate of drug-likeness (QED) is 0.483. The van der Waals surface area contributed by atoms with Gasteiger partial charge in [0.05, 0.1) is 16.2 Å². The number of nitrogens with one attached hydrogen (secondary N) is 1. The molecule has 1 N–H and O–H groups in total. The zero-order valence-corrected chi connectivity index (χ0v) is 13.0. The van der Waals surface area contributed by atoms with Crippen molar-refractivity contribution in [3.8, 4) is 0 Å². The summed E-state index contributed by atoms with van der Waals surface area (Å²) >= 11 is 0. The van der Waals surface area contributed by atoms with Gasteiger partial charge in [-0.05, 0) is 19.9 Å². The van der Waals surface area contributed by atoms with E-state index in [4.69, 9.17) is 4.74 Å². The van der Waals surface area contributed by atoms with Crippen LogP contribution in [0.1, 0.15) is 24.2 Å². The molecule has 1 aromatic carbocycles. The van der Waals surface area contributed by atoms with E-state index in [-0.39, 0.29) is 17.3 Å². The Morgan fingerprint density at radius 1 is 1.36 bits per heavy atom. The van der Waals surface area contributed by atoms with Crippen molar-refractivity contribution in [1.29, 1.82) is 0 Å². The predicted molar refractivity (Wildman–Crippen MR) is 81.0 cm³/mol. The standard InChI is InChI=1S/C14H19N3O5/c1-9(2)15-13(18)8-22-14(19)11-7-10(17(20)21)5-6-12(11)16(3)4/h5-7,9H,8H2,1-4H3,(H,15,18). The summed E-state index contributed by atoms with van der Waals surface area (Å²) in [5.41, 5.74) is 0.292. The number of nitrogens with zero attached hydrogens (tertiary/aromatic N) is 2. The summed E-state index contributed by atoms with van der Waals surface area (Å²) in [4.78, 5) is 35.4. The third-order valence-corrected chi connectivity index (χ3v) is 2.68. The predicted octanol–water partition coefficient (Wildman–Crippen LogP) is 1.34. The van der Waals surface area contributed by atoms with Crippen molar-refractivity contribution >= 4 is 23.3 Å². The van der Waals surface area contributed by atoms with Gasteiger partial charge in [-0.3, -0.25) is 14.9 Å². The summed E-state index contributed by atoms with van der Waals surface area (Å²) in [7, 11) is 3.40. The second-order valence-corrected chi connectivity index (χ2v) is 5.15. The Hall–Kier alpha value is -2.64. The largest absolute Gasteiger partial charge is 0.452 e. The topological polar surface area (TPSA) is 102 Å². The van der Waals surface area contributed by atoms with Gasteiger partial charge in [-0.1, -0.05) is 0 Å². The Morgan fingerprint density at radius 2 is 2.00 bits per heavy atom. The summed E-state index contributed by atoms with van der Waals surface area (Å²) in [6.45, 7) is 3.13. The number of benzene rings is 1. The number of carbonyl (C=O) groups excluding carboxylic acids is 2. The van der Waals surface area contributed by atoms with Gasteiger partial charge in [-0.15, -0.1) is 0 Å². The van der Waals surface area contributed by atoms with Gasteiger partial charge >= 0.3 is 5.97 Å². The van der Waals surface area contributed by atoms with E-state index in [2.05, 4.69) is 5.32 Å². The van der Waals surface area contributed by atoms with Crippen molar-refractivity contribution in [3.05, 3.63) is 33.9 Å². The number of anilines is 1. The molecule has 22 heavy (non-hydrogen) atoms. The molecule has 0 aliphatic carbocycles. The second-order valence-electron chi connectivity index (χ2n) is 5.15. The molecular weight excluding hydrogens is 290 g/mol. The SMILES string of the molecule is CC(C)NC(=O)COC(=O)c1cc([N+](=O)[O-])ccc1N(C)C. The van der Waals surface area contributed by atoms with Gasteiger partial charge in [-0.25, -0.2) is 4.79 Å². The average molecular weight is 309 g/mol. The first-order valence-corrected chi connectivity index (χ1v) is 6.64. The maximum atomic E-state index is 12.1. The Labute approximate surface area is 128 Å². The van der Waals surface area contributed by atoms with E-state index < -0.39 is 23.4 Å². The summed E-state index contributed by atoms with van der Waals surface area (Å²) < 4.78 is 4.92. The van der Waals surface area contributed by atoms with Crippen LogP contribution in [-0.4, -0.2) is 43.5 Å². The van der Waals surface area contributed by atoms with Crippen molar-refractivity contribution in [2.24, 2.45) is 0 Å². The van der Waals surface area contributed by atoms with Crippen molar-refractivity contribution in [1.82, 2.24) is 5.32 Å². The van der Waals surface area contributed by atoms with Gasteiger partial charge in [0.25, 0.3) is 11.6 Å². The van der Waals surface area contributed by atoms with Gasteiger partial charge in [0, 0.05) is 32.3 Å². The summed E-state index contributed by atoms with van der Waals surface area (Å²) in [5, 5.41) is 13.4. The van der Waals surface area contributed by atoms with Crippen LogP contribution in [0, 0.1) is 10.1 Å². The molecule has 0 aliphatic rings. The molecule has 0 aliphatic heterocycles. The lowest BCUT2D eigenvalue weighted by Crippen LogP contribution is -2.34. The molecule has 0 radical (unpaired) electrons. The van der Waals surface area contributed by atoms with Gasteiger partial charge in [-0.2, -0.15) is 0 Å². The first kappa shape index (κ1) is 17.4. The normalized spacial score (nSPS) is 10.2. The van der Waals surface area contributed by atoms with E-state index in [1.165, 1.54) is 12.1 Å². The number of nitro benzene ring substituents is 1. The number of non-ortho nitro benzene ring substituents is 1. The zero-order chi connectivity index (χ0) is 16.9. The Kier molecular flexibility index (Phi) is 5.85. The lowest BCUT2D eigenvalue weighted by molar-refractivity contribution is -0.384. The van der Waals surface area contributed by atoms with Gasteiger partial charge < -0.3 is 15.0 Å². The van der Waals surface area contributed by atoms with Crippen molar-refractivity contribution < 1.29 is 19.2 Å². The van der Waals surface area contributed by atoms with Crippen LogP contribution in [-0.2, 0) is 9.53 Å². The van der Waals surface area contributed by atoms with Crippen LogP contribution in [0.3, 0.4) is 0 Å². The molecule has 1 aromatic rings. The maximum Gasteiger partial charge on any atom is 0.341 e. The minimum absolute atomic E-state index is 0.0385. The van der Waals surface area contributed by atoms with Crippen molar-refractivity contribution in [2.45, 2.75) is 19.9 Å².